The van der Waals surface area contributed by atoms with Crippen LogP contribution < -0.4 is 4.90 Å². The summed E-state index contributed by atoms with van der Waals surface area (Å²) in [5, 5.41) is 1.12. The molecule has 0 saturated heterocycles. The summed E-state index contributed by atoms with van der Waals surface area (Å²) in [6, 6.07) is 25.7. The fourth-order valence-corrected chi connectivity index (χ4v) is 5.79. The Hall–Kier alpha value is -4.51. The smallest absolute Gasteiger partial charge is 0.234 e. The van der Waals surface area contributed by atoms with E-state index >= 15 is 0 Å². The number of hydrogen-bond acceptors (Lipinski definition) is 4. The number of nitrogens with zero attached hydrogens (tertiary/aromatic N) is 5. The molecule has 6 aromatic rings. The van der Waals surface area contributed by atoms with Gasteiger partial charge < -0.3 is 4.57 Å². The lowest BCUT2D eigenvalue weighted by Crippen LogP contribution is -2.31. The van der Waals surface area contributed by atoms with Gasteiger partial charge in [-0.25, -0.2) is 9.97 Å². The highest BCUT2D eigenvalue weighted by Crippen LogP contribution is 2.51. The molecule has 5 heteroatoms. The Bertz CT molecular complexity index is 1720. The Morgan fingerprint density at radius 1 is 0.676 bits per heavy atom. The molecular formula is C32H27N5. The first-order valence-electron chi connectivity index (χ1n) is 12.6. The van der Waals surface area contributed by atoms with Crippen LogP contribution in [0.5, 0.6) is 0 Å². The first kappa shape index (κ1) is 21.7. The zero-order valence-electron chi connectivity index (χ0n) is 21.4. The number of pyridine rings is 1. The number of fused-ring (bicyclic) bond motifs is 5. The SMILES string of the molecule is Cc1ccc2c(c1)C(C)(C)c1cc(C)ccc1N2c1ncc(-n2c3ccccc3c3ncccc32)cn1. The van der Waals surface area contributed by atoms with Gasteiger partial charge in [-0.05, 0) is 55.3 Å². The Kier molecular flexibility index (Phi) is 4.55. The van der Waals surface area contributed by atoms with Gasteiger partial charge >= 0.3 is 0 Å². The summed E-state index contributed by atoms with van der Waals surface area (Å²) in [6.07, 6.45) is 5.68. The molecule has 4 heterocycles. The molecule has 0 N–H and O–H groups in total. The van der Waals surface area contributed by atoms with E-state index in [1.165, 1.54) is 22.3 Å². The topological polar surface area (TPSA) is 46.8 Å². The first-order valence-corrected chi connectivity index (χ1v) is 12.6. The van der Waals surface area contributed by atoms with E-state index in [1.54, 1.807) is 0 Å². The number of rotatable bonds is 2. The summed E-state index contributed by atoms with van der Waals surface area (Å²) in [4.78, 5) is 16.7. The van der Waals surface area contributed by atoms with Crippen LogP contribution in [-0.4, -0.2) is 19.5 Å². The van der Waals surface area contributed by atoms with Gasteiger partial charge in [0.2, 0.25) is 5.95 Å². The minimum absolute atomic E-state index is 0.130. The van der Waals surface area contributed by atoms with Gasteiger partial charge in [-0.3, -0.25) is 9.88 Å². The Labute approximate surface area is 216 Å². The van der Waals surface area contributed by atoms with Crippen molar-refractivity contribution in [3.05, 3.63) is 114 Å². The monoisotopic (exact) mass is 481 g/mol. The van der Waals surface area contributed by atoms with Crippen molar-refractivity contribution in [1.82, 2.24) is 19.5 Å². The molecule has 0 bridgehead atoms. The Morgan fingerprint density at radius 2 is 1.30 bits per heavy atom. The molecule has 3 aromatic heterocycles. The maximum Gasteiger partial charge on any atom is 0.234 e. The van der Waals surface area contributed by atoms with Crippen molar-refractivity contribution in [1.29, 1.82) is 0 Å². The van der Waals surface area contributed by atoms with Gasteiger partial charge in [0.05, 0.1) is 46.0 Å². The number of aromatic nitrogens is 4. The van der Waals surface area contributed by atoms with E-state index in [0.717, 1.165) is 39.0 Å². The van der Waals surface area contributed by atoms with Gasteiger partial charge in [-0.2, -0.15) is 0 Å². The highest BCUT2D eigenvalue weighted by Gasteiger charge is 2.37. The van der Waals surface area contributed by atoms with Crippen molar-refractivity contribution in [2.45, 2.75) is 33.1 Å². The maximum absolute atomic E-state index is 4.94. The molecule has 5 nitrogen and oxygen atoms in total. The van der Waals surface area contributed by atoms with Gasteiger partial charge in [-0.1, -0.05) is 67.4 Å². The van der Waals surface area contributed by atoms with Crippen LogP contribution in [0.2, 0.25) is 0 Å². The van der Waals surface area contributed by atoms with E-state index < -0.39 is 0 Å². The summed E-state index contributed by atoms with van der Waals surface area (Å²) in [5.74, 6) is 0.661. The van der Waals surface area contributed by atoms with Crippen LogP contribution in [0.25, 0.3) is 27.6 Å². The van der Waals surface area contributed by atoms with Crippen LogP contribution in [0.1, 0.15) is 36.1 Å². The summed E-state index contributed by atoms with van der Waals surface area (Å²) >= 11 is 0. The molecule has 0 saturated carbocycles. The zero-order valence-corrected chi connectivity index (χ0v) is 21.4. The minimum atomic E-state index is -0.130. The number of anilines is 3. The van der Waals surface area contributed by atoms with E-state index in [1.807, 2.05) is 24.7 Å². The van der Waals surface area contributed by atoms with Gasteiger partial charge in [-0.15, -0.1) is 0 Å². The normalized spacial score (nSPS) is 14.1. The minimum Gasteiger partial charge on any atom is -0.305 e. The molecule has 180 valence electrons. The third kappa shape index (κ3) is 3.13. The van der Waals surface area contributed by atoms with Crippen LogP contribution in [0.4, 0.5) is 17.3 Å². The molecular weight excluding hydrogens is 454 g/mol. The molecule has 0 unspecified atom stereocenters. The molecule has 0 radical (unpaired) electrons. The Balaban J connectivity index is 1.42. The summed E-state index contributed by atoms with van der Waals surface area (Å²) in [7, 11) is 0. The predicted octanol–water partition coefficient (Wildman–Crippen LogP) is 7.69. The van der Waals surface area contributed by atoms with Crippen LogP contribution in [-0.2, 0) is 5.41 Å². The van der Waals surface area contributed by atoms with Gasteiger partial charge in [0.15, 0.2) is 0 Å². The van der Waals surface area contributed by atoms with E-state index in [-0.39, 0.29) is 5.41 Å². The van der Waals surface area contributed by atoms with Crippen molar-refractivity contribution in [2.24, 2.45) is 0 Å². The van der Waals surface area contributed by atoms with Gasteiger partial charge in [0.1, 0.15) is 0 Å². The third-order valence-corrected chi connectivity index (χ3v) is 7.64. The average Bonchev–Trinajstić information content (AvgIpc) is 3.25. The molecule has 3 aromatic carbocycles. The van der Waals surface area contributed by atoms with E-state index in [2.05, 4.69) is 109 Å². The number of hydrogen-bond donors (Lipinski definition) is 0. The largest absolute Gasteiger partial charge is 0.305 e. The van der Waals surface area contributed by atoms with Crippen LogP contribution in [0.15, 0.2) is 91.4 Å². The second-order valence-corrected chi connectivity index (χ2v) is 10.5. The van der Waals surface area contributed by atoms with Crippen molar-refractivity contribution in [2.75, 3.05) is 4.90 Å². The van der Waals surface area contributed by atoms with Gasteiger partial charge in [0, 0.05) is 17.0 Å². The standard InChI is InChI=1S/C32H27N5/c1-20-11-13-27-24(16-20)32(3,4)25-17-21(2)12-14-28(25)37(27)31-34-18-22(19-35-31)36-26-9-6-5-8-23(26)30-29(36)10-7-15-33-30/h5-19H,1-4H3. The Morgan fingerprint density at radius 3 is 1.97 bits per heavy atom. The number of para-hydroxylation sites is 1. The van der Waals surface area contributed by atoms with Crippen molar-refractivity contribution in [3.63, 3.8) is 0 Å². The second-order valence-electron chi connectivity index (χ2n) is 10.5. The molecule has 0 amide bonds. The van der Waals surface area contributed by atoms with Crippen molar-refractivity contribution >= 4 is 39.3 Å². The highest BCUT2D eigenvalue weighted by molar-refractivity contribution is 6.06. The summed E-state index contributed by atoms with van der Waals surface area (Å²) < 4.78 is 2.19. The molecule has 1 aliphatic rings. The molecule has 0 fully saturated rings. The molecule has 1 aliphatic heterocycles. The molecule has 0 spiro atoms. The maximum atomic E-state index is 4.94. The summed E-state index contributed by atoms with van der Waals surface area (Å²) in [6.45, 7) is 8.92. The molecule has 0 atom stereocenters. The van der Waals surface area contributed by atoms with Crippen LogP contribution in [0, 0.1) is 13.8 Å². The van der Waals surface area contributed by atoms with Crippen molar-refractivity contribution < 1.29 is 0 Å². The molecule has 7 rings (SSSR count). The quantitative estimate of drug-likeness (QED) is 0.254. The lowest BCUT2D eigenvalue weighted by Gasteiger charge is -2.41. The molecule has 37 heavy (non-hydrogen) atoms. The highest BCUT2D eigenvalue weighted by atomic mass is 15.3. The van der Waals surface area contributed by atoms with Crippen LogP contribution in [0.3, 0.4) is 0 Å². The van der Waals surface area contributed by atoms with Crippen LogP contribution >= 0.6 is 0 Å². The summed E-state index contributed by atoms with van der Waals surface area (Å²) in [5.41, 5.74) is 11.2. The average molecular weight is 482 g/mol. The predicted molar refractivity (Wildman–Crippen MR) is 150 cm³/mol. The van der Waals surface area contributed by atoms with E-state index in [9.17, 15) is 0 Å². The van der Waals surface area contributed by atoms with E-state index in [4.69, 9.17) is 9.97 Å². The zero-order chi connectivity index (χ0) is 25.3. The number of benzene rings is 3. The third-order valence-electron chi connectivity index (χ3n) is 7.64. The fraction of sp³-hybridized carbons (Fsp3) is 0.156. The lowest BCUT2D eigenvalue weighted by atomic mass is 9.73. The fourth-order valence-electron chi connectivity index (χ4n) is 5.79. The van der Waals surface area contributed by atoms with E-state index in [0.29, 0.717) is 5.95 Å². The number of aryl methyl sites for hydroxylation is 2. The first-order chi connectivity index (χ1) is 17.9. The van der Waals surface area contributed by atoms with Gasteiger partial charge in [0.25, 0.3) is 0 Å². The second kappa shape index (κ2) is 7.74. The molecule has 0 aliphatic carbocycles. The van der Waals surface area contributed by atoms with Crippen molar-refractivity contribution in [3.8, 4) is 5.69 Å². The lowest BCUT2D eigenvalue weighted by molar-refractivity contribution is 0.629.